The van der Waals surface area contributed by atoms with Gasteiger partial charge < -0.3 is 5.11 Å². The van der Waals surface area contributed by atoms with Gasteiger partial charge in [0.25, 0.3) is 0 Å². The third kappa shape index (κ3) is 2.84. The van der Waals surface area contributed by atoms with Crippen LogP contribution in [0.15, 0.2) is 58.8 Å². The van der Waals surface area contributed by atoms with Gasteiger partial charge in [0, 0.05) is 15.3 Å². The Labute approximate surface area is 120 Å². The van der Waals surface area contributed by atoms with Gasteiger partial charge in [-0.05, 0) is 40.1 Å². The first-order chi connectivity index (χ1) is 9.36. The van der Waals surface area contributed by atoms with Gasteiger partial charge in [-0.2, -0.15) is 0 Å². The predicted molar refractivity (Wildman–Crippen MR) is 83.8 cm³/mol. The van der Waals surface area contributed by atoms with Crippen LogP contribution in [0.3, 0.4) is 0 Å². The Morgan fingerprint density at radius 3 is 2.84 bits per heavy atom. The third-order valence-electron chi connectivity index (χ3n) is 3.04. The predicted octanol–water partition coefficient (Wildman–Crippen LogP) is 4.69. The molecular weight excluding hydrogens is 272 g/mol. The molecule has 0 aliphatic carbocycles. The van der Waals surface area contributed by atoms with Crippen LogP contribution in [0.4, 0.5) is 0 Å². The van der Waals surface area contributed by atoms with Crippen molar-refractivity contribution in [1.29, 1.82) is 0 Å². The molecule has 3 aromatic rings. The first-order valence-electron chi connectivity index (χ1n) is 6.14. The summed E-state index contributed by atoms with van der Waals surface area (Å²) in [5.74, 6) is 0.971. The van der Waals surface area contributed by atoms with Gasteiger partial charge in [0.1, 0.15) is 0 Å². The van der Waals surface area contributed by atoms with Crippen LogP contribution >= 0.6 is 23.1 Å². The normalized spacial score (nSPS) is 11.0. The van der Waals surface area contributed by atoms with Gasteiger partial charge in [-0.25, -0.2) is 0 Å². The second-order valence-corrected chi connectivity index (χ2v) is 6.31. The summed E-state index contributed by atoms with van der Waals surface area (Å²) in [6, 6.07) is 16.6. The molecule has 0 bridgehead atoms. The number of thiophene rings is 1. The zero-order valence-electron chi connectivity index (χ0n) is 10.4. The first kappa shape index (κ1) is 12.7. The lowest BCUT2D eigenvalue weighted by Gasteiger charge is -2.03. The Morgan fingerprint density at radius 1 is 1.05 bits per heavy atom. The highest BCUT2D eigenvalue weighted by Crippen LogP contribution is 2.31. The fourth-order valence-electron chi connectivity index (χ4n) is 2.04. The first-order valence-corrected chi connectivity index (χ1v) is 8.01. The maximum Gasteiger partial charge on any atom is 0.0682 e. The lowest BCUT2D eigenvalue weighted by Crippen LogP contribution is -1.83. The van der Waals surface area contributed by atoms with Crippen LogP contribution in [-0.2, 0) is 12.4 Å². The van der Waals surface area contributed by atoms with E-state index >= 15 is 0 Å². The summed E-state index contributed by atoms with van der Waals surface area (Å²) in [5.41, 5.74) is 2.36. The third-order valence-corrected chi connectivity index (χ3v) is 5.09. The minimum atomic E-state index is 0.107. The molecule has 1 aromatic heterocycles. The van der Waals surface area contributed by atoms with Crippen LogP contribution in [-0.4, -0.2) is 5.11 Å². The molecule has 1 heterocycles. The zero-order chi connectivity index (χ0) is 13.1. The van der Waals surface area contributed by atoms with Crippen molar-refractivity contribution < 1.29 is 5.11 Å². The highest BCUT2D eigenvalue weighted by molar-refractivity contribution is 7.98. The van der Waals surface area contributed by atoms with Crippen molar-refractivity contribution in [3.05, 3.63) is 65.0 Å². The smallest absolute Gasteiger partial charge is 0.0682 e. The van der Waals surface area contributed by atoms with Crippen LogP contribution in [0.5, 0.6) is 0 Å². The summed E-state index contributed by atoms with van der Waals surface area (Å²) in [7, 11) is 0. The number of aliphatic hydroxyl groups is 1. The van der Waals surface area contributed by atoms with Gasteiger partial charge in [-0.3, -0.25) is 0 Å². The summed E-state index contributed by atoms with van der Waals surface area (Å²) in [4.78, 5) is 1.21. The van der Waals surface area contributed by atoms with E-state index in [0.29, 0.717) is 0 Å². The Hall–Kier alpha value is -1.29. The van der Waals surface area contributed by atoms with Crippen LogP contribution < -0.4 is 0 Å². The average Bonchev–Trinajstić information content (AvgIpc) is 2.89. The van der Waals surface area contributed by atoms with E-state index in [-0.39, 0.29) is 6.61 Å². The highest BCUT2D eigenvalue weighted by Gasteiger charge is 2.04. The summed E-state index contributed by atoms with van der Waals surface area (Å²) >= 11 is 3.62. The minimum absolute atomic E-state index is 0.107. The Balaban J connectivity index is 1.78. The molecule has 0 unspecified atom stereocenters. The van der Waals surface area contributed by atoms with E-state index in [2.05, 4.69) is 41.8 Å². The van der Waals surface area contributed by atoms with E-state index in [4.69, 9.17) is 5.11 Å². The standard InChI is InChI=1S/C16H14OS2/c17-9-12-4-3-5-14(8-12)18-10-13-11-19-16-7-2-1-6-15(13)16/h1-8,11,17H,9-10H2. The molecule has 0 saturated carbocycles. The van der Waals surface area contributed by atoms with Crippen molar-refractivity contribution in [3.63, 3.8) is 0 Å². The van der Waals surface area contributed by atoms with E-state index < -0.39 is 0 Å². The summed E-state index contributed by atoms with van der Waals surface area (Å²) in [6.07, 6.45) is 0. The van der Waals surface area contributed by atoms with Crippen molar-refractivity contribution >= 4 is 33.2 Å². The SMILES string of the molecule is OCc1cccc(SCc2csc3ccccc23)c1. The van der Waals surface area contributed by atoms with Gasteiger partial charge in [0.15, 0.2) is 0 Å². The van der Waals surface area contributed by atoms with E-state index in [9.17, 15) is 0 Å². The quantitative estimate of drug-likeness (QED) is 0.702. The summed E-state index contributed by atoms with van der Waals surface area (Å²) < 4.78 is 1.35. The fourth-order valence-corrected chi connectivity index (χ4v) is 4.08. The molecule has 0 spiro atoms. The number of hydrogen-bond donors (Lipinski definition) is 1. The molecular formula is C16H14OS2. The van der Waals surface area contributed by atoms with Crippen molar-refractivity contribution in [2.75, 3.05) is 0 Å². The zero-order valence-corrected chi connectivity index (χ0v) is 12.0. The molecule has 96 valence electrons. The van der Waals surface area contributed by atoms with Crippen LogP contribution in [0, 0.1) is 0 Å². The topological polar surface area (TPSA) is 20.2 Å². The number of thioether (sulfide) groups is 1. The maximum absolute atomic E-state index is 9.15. The lowest BCUT2D eigenvalue weighted by atomic mass is 10.2. The molecule has 0 aliphatic heterocycles. The molecule has 2 aromatic carbocycles. The molecule has 1 N–H and O–H groups in total. The van der Waals surface area contributed by atoms with E-state index in [1.54, 1.807) is 11.3 Å². The van der Waals surface area contributed by atoms with E-state index in [1.165, 1.54) is 20.5 Å². The summed E-state index contributed by atoms with van der Waals surface area (Å²) in [6.45, 7) is 0.107. The molecule has 0 saturated heterocycles. The highest BCUT2D eigenvalue weighted by atomic mass is 32.2. The van der Waals surface area contributed by atoms with Gasteiger partial charge in [-0.1, -0.05) is 30.3 Å². The molecule has 19 heavy (non-hydrogen) atoms. The van der Waals surface area contributed by atoms with E-state index in [1.807, 2.05) is 23.9 Å². The number of rotatable bonds is 4. The number of aliphatic hydroxyl groups excluding tert-OH is 1. The van der Waals surface area contributed by atoms with Crippen LogP contribution in [0.25, 0.3) is 10.1 Å². The molecule has 0 amide bonds. The molecule has 3 rings (SSSR count). The Morgan fingerprint density at radius 2 is 1.95 bits per heavy atom. The largest absolute Gasteiger partial charge is 0.392 e. The van der Waals surface area contributed by atoms with Crippen LogP contribution in [0.2, 0.25) is 0 Å². The Bertz CT molecular complexity index is 688. The second-order valence-electron chi connectivity index (χ2n) is 4.35. The molecule has 1 nitrogen and oxygen atoms in total. The lowest BCUT2D eigenvalue weighted by molar-refractivity contribution is 0.281. The van der Waals surface area contributed by atoms with Crippen molar-refractivity contribution in [1.82, 2.24) is 0 Å². The van der Waals surface area contributed by atoms with Crippen LogP contribution in [0.1, 0.15) is 11.1 Å². The van der Waals surface area contributed by atoms with Gasteiger partial charge in [0.05, 0.1) is 6.61 Å². The minimum Gasteiger partial charge on any atom is -0.392 e. The number of benzene rings is 2. The second kappa shape index (κ2) is 5.78. The Kier molecular flexibility index (Phi) is 3.87. The molecule has 0 aliphatic rings. The van der Waals surface area contributed by atoms with Crippen molar-refractivity contribution in [2.45, 2.75) is 17.3 Å². The van der Waals surface area contributed by atoms with Gasteiger partial charge in [-0.15, -0.1) is 23.1 Å². The maximum atomic E-state index is 9.15. The average molecular weight is 286 g/mol. The van der Waals surface area contributed by atoms with Crippen molar-refractivity contribution in [2.24, 2.45) is 0 Å². The summed E-state index contributed by atoms with van der Waals surface area (Å²) in [5, 5.41) is 12.8. The van der Waals surface area contributed by atoms with E-state index in [0.717, 1.165) is 11.3 Å². The van der Waals surface area contributed by atoms with Gasteiger partial charge >= 0.3 is 0 Å². The van der Waals surface area contributed by atoms with Crippen molar-refractivity contribution in [3.8, 4) is 0 Å². The fraction of sp³-hybridized carbons (Fsp3) is 0.125. The molecule has 3 heteroatoms. The number of fused-ring (bicyclic) bond motifs is 1. The van der Waals surface area contributed by atoms with Gasteiger partial charge in [0.2, 0.25) is 0 Å². The molecule has 0 radical (unpaired) electrons. The molecule has 0 fully saturated rings. The monoisotopic (exact) mass is 286 g/mol. The molecule has 0 atom stereocenters. The number of hydrogen-bond acceptors (Lipinski definition) is 3.